The molecule has 0 nitrogen and oxygen atoms in total. The summed E-state index contributed by atoms with van der Waals surface area (Å²) in [5, 5.41) is 13.0. The molecule has 0 spiro atoms. The van der Waals surface area contributed by atoms with Crippen LogP contribution in [0.5, 0.6) is 0 Å². The first-order chi connectivity index (χ1) is 25.7. The first kappa shape index (κ1) is 29.5. The first-order valence-corrected chi connectivity index (χ1v) is 18.6. The summed E-state index contributed by atoms with van der Waals surface area (Å²) in [7, 11) is 0. The van der Waals surface area contributed by atoms with Crippen LogP contribution in [0.3, 0.4) is 0 Å². The summed E-state index contributed by atoms with van der Waals surface area (Å²) in [6.45, 7) is 2.36. The van der Waals surface area contributed by atoms with Gasteiger partial charge in [-0.15, -0.1) is 0 Å². The maximum atomic E-state index is 2.56. The number of fused-ring (bicyclic) bond motifs is 11. The molecular weight excluding hydrogens is 625 g/mol. The molecule has 11 rings (SSSR count). The lowest BCUT2D eigenvalue weighted by Crippen LogP contribution is -2.02. The summed E-state index contributed by atoms with van der Waals surface area (Å²) < 4.78 is 0. The number of allylic oxidation sites excluding steroid dienone is 4. The van der Waals surface area contributed by atoms with Gasteiger partial charge in [0, 0.05) is 11.8 Å². The van der Waals surface area contributed by atoms with Gasteiger partial charge in [0.05, 0.1) is 0 Å². The molecule has 0 aliphatic heterocycles. The van der Waals surface area contributed by atoms with E-state index in [1.807, 2.05) is 0 Å². The van der Waals surface area contributed by atoms with Crippen molar-refractivity contribution in [3.63, 3.8) is 0 Å². The largest absolute Gasteiger partial charge is 0.0754 e. The van der Waals surface area contributed by atoms with Gasteiger partial charge in [-0.25, -0.2) is 0 Å². The minimum Gasteiger partial charge on any atom is -0.0754 e. The van der Waals surface area contributed by atoms with Gasteiger partial charge in [0.25, 0.3) is 0 Å². The molecule has 0 amide bonds. The summed E-state index contributed by atoms with van der Waals surface area (Å²) in [5.41, 5.74) is 12.2. The Bertz CT molecular complexity index is 3010. The second-order valence-electron chi connectivity index (χ2n) is 14.8. The van der Waals surface area contributed by atoms with Crippen LogP contribution in [0.4, 0.5) is 0 Å². The van der Waals surface area contributed by atoms with E-state index in [1.54, 1.807) is 0 Å². The van der Waals surface area contributed by atoms with Gasteiger partial charge in [-0.05, 0) is 135 Å². The molecule has 0 N–H and O–H groups in total. The SMILES string of the molecule is CC1C2=CC(c3ccc4ccc5c6cc(-c7cccc(-c8cc9ccccc9c9ccccc89)c7)ccc6ccc5c4c3)CC=C2c2ccccc21. The third-order valence-electron chi connectivity index (χ3n) is 12.0. The molecule has 52 heavy (non-hydrogen) atoms. The van der Waals surface area contributed by atoms with Gasteiger partial charge in [-0.2, -0.15) is 0 Å². The molecule has 2 aliphatic rings. The second kappa shape index (κ2) is 11.4. The summed E-state index contributed by atoms with van der Waals surface area (Å²) in [6, 6.07) is 61.3. The minimum absolute atomic E-state index is 0.384. The Morgan fingerprint density at radius 2 is 1.08 bits per heavy atom. The standard InChI is InChI=1S/C52H36/c1-32-41-12-4-5-14-43(41)46-26-23-38(28-49(32)46)37-20-18-34-22-24-47-48(51(34)30-37)25-21-33-17-19-36(29-50(33)47)35-10-8-11-39(27-35)52-31-40-9-2-3-13-42(40)44-15-6-7-16-45(44)52/h2-22,24-32,38H,23H2,1H3. The predicted molar refractivity (Wildman–Crippen MR) is 223 cm³/mol. The lowest BCUT2D eigenvalue weighted by molar-refractivity contribution is 0.827. The Balaban J connectivity index is 1.00. The van der Waals surface area contributed by atoms with E-state index in [0.29, 0.717) is 11.8 Å². The maximum absolute atomic E-state index is 2.56. The van der Waals surface area contributed by atoms with Crippen molar-refractivity contribution in [2.24, 2.45) is 0 Å². The fraction of sp³-hybridized carbons (Fsp3) is 0.0769. The second-order valence-corrected chi connectivity index (χ2v) is 14.8. The Morgan fingerprint density at radius 1 is 0.423 bits per heavy atom. The van der Waals surface area contributed by atoms with Crippen LogP contribution in [0.15, 0.2) is 182 Å². The molecule has 0 bridgehead atoms. The van der Waals surface area contributed by atoms with E-state index in [1.165, 1.54) is 104 Å². The first-order valence-electron chi connectivity index (χ1n) is 18.6. The van der Waals surface area contributed by atoms with Crippen LogP contribution >= 0.6 is 0 Å². The maximum Gasteiger partial charge on any atom is 0.00702 e. The molecule has 0 aromatic heterocycles. The predicted octanol–water partition coefficient (Wildman–Crippen LogP) is 14.4. The molecule has 2 aliphatic carbocycles. The number of hydrogen-bond acceptors (Lipinski definition) is 0. The number of benzene rings is 9. The quantitative estimate of drug-likeness (QED) is 0.165. The van der Waals surface area contributed by atoms with Crippen molar-refractivity contribution in [2.45, 2.75) is 25.2 Å². The van der Waals surface area contributed by atoms with Crippen LogP contribution in [-0.4, -0.2) is 0 Å². The van der Waals surface area contributed by atoms with Gasteiger partial charge in [0.2, 0.25) is 0 Å². The Morgan fingerprint density at radius 3 is 1.94 bits per heavy atom. The molecule has 0 radical (unpaired) electrons. The Kier molecular flexibility index (Phi) is 6.46. The van der Waals surface area contributed by atoms with E-state index >= 15 is 0 Å². The molecule has 0 fully saturated rings. The third-order valence-corrected chi connectivity index (χ3v) is 12.0. The zero-order valence-electron chi connectivity index (χ0n) is 29.1. The Labute approximate surface area is 304 Å². The Hall–Kier alpha value is -6.24. The molecule has 244 valence electrons. The molecule has 2 unspecified atom stereocenters. The molecule has 0 saturated carbocycles. The van der Waals surface area contributed by atoms with E-state index in [4.69, 9.17) is 0 Å². The van der Waals surface area contributed by atoms with E-state index in [0.717, 1.165) is 6.42 Å². The van der Waals surface area contributed by atoms with Gasteiger partial charge in [-0.1, -0.05) is 159 Å². The number of hydrogen-bond donors (Lipinski definition) is 0. The normalized spacial score (nSPS) is 16.7. The molecule has 0 heterocycles. The summed E-state index contributed by atoms with van der Waals surface area (Å²) >= 11 is 0. The van der Waals surface area contributed by atoms with Crippen LogP contribution in [0.1, 0.15) is 41.9 Å². The molecule has 2 atom stereocenters. The van der Waals surface area contributed by atoms with Crippen molar-refractivity contribution >= 4 is 59.4 Å². The van der Waals surface area contributed by atoms with Gasteiger partial charge in [0.1, 0.15) is 0 Å². The van der Waals surface area contributed by atoms with Crippen LogP contribution < -0.4 is 0 Å². The van der Waals surface area contributed by atoms with Crippen LogP contribution in [0.25, 0.3) is 81.7 Å². The van der Waals surface area contributed by atoms with Gasteiger partial charge in [-0.3, -0.25) is 0 Å². The van der Waals surface area contributed by atoms with Gasteiger partial charge >= 0.3 is 0 Å². The zero-order valence-corrected chi connectivity index (χ0v) is 29.1. The topological polar surface area (TPSA) is 0 Å². The highest BCUT2D eigenvalue weighted by molar-refractivity contribution is 6.18. The average molecular weight is 661 g/mol. The van der Waals surface area contributed by atoms with Gasteiger partial charge < -0.3 is 0 Å². The van der Waals surface area contributed by atoms with Crippen molar-refractivity contribution in [2.75, 3.05) is 0 Å². The third kappa shape index (κ3) is 4.47. The zero-order chi connectivity index (χ0) is 34.3. The number of rotatable bonds is 3. The highest BCUT2D eigenvalue weighted by atomic mass is 14.3. The van der Waals surface area contributed by atoms with E-state index < -0.39 is 0 Å². The summed E-state index contributed by atoms with van der Waals surface area (Å²) in [6.07, 6.45) is 6.08. The summed E-state index contributed by atoms with van der Waals surface area (Å²) in [5.74, 6) is 0.828. The fourth-order valence-corrected chi connectivity index (χ4v) is 9.35. The lowest BCUT2D eigenvalue weighted by Gasteiger charge is -2.21. The van der Waals surface area contributed by atoms with E-state index in [2.05, 4.69) is 183 Å². The van der Waals surface area contributed by atoms with Crippen molar-refractivity contribution < 1.29 is 0 Å². The lowest BCUT2D eigenvalue weighted by atomic mass is 9.83. The highest BCUT2D eigenvalue weighted by Gasteiger charge is 2.31. The molecule has 0 saturated heterocycles. The van der Waals surface area contributed by atoms with Crippen molar-refractivity contribution in [3.8, 4) is 22.3 Å². The van der Waals surface area contributed by atoms with Gasteiger partial charge in [0.15, 0.2) is 0 Å². The van der Waals surface area contributed by atoms with Crippen LogP contribution in [0, 0.1) is 0 Å². The molecule has 9 aromatic carbocycles. The average Bonchev–Trinajstić information content (AvgIpc) is 3.50. The monoisotopic (exact) mass is 660 g/mol. The fourth-order valence-electron chi connectivity index (χ4n) is 9.35. The van der Waals surface area contributed by atoms with Crippen molar-refractivity contribution in [1.29, 1.82) is 0 Å². The van der Waals surface area contributed by atoms with E-state index in [9.17, 15) is 0 Å². The van der Waals surface area contributed by atoms with Crippen molar-refractivity contribution in [1.82, 2.24) is 0 Å². The van der Waals surface area contributed by atoms with E-state index in [-0.39, 0.29) is 0 Å². The van der Waals surface area contributed by atoms with Crippen molar-refractivity contribution in [3.05, 3.63) is 198 Å². The molecule has 9 aromatic rings. The molecular formula is C52H36. The highest BCUT2D eigenvalue weighted by Crippen LogP contribution is 2.50. The smallest absolute Gasteiger partial charge is 0.00702 e. The van der Waals surface area contributed by atoms with Crippen LogP contribution in [-0.2, 0) is 0 Å². The summed E-state index contributed by atoms with van der Waals surface area (Å²) in [4.78, 5) is 0. The van der Waals surface area contributed by atoms with Crippen LogP contribution in [0.2, 0.25) is 0 Å². The molecule has 0 heteroatoms. The minimum atomic E-state index is 0.384.